The van der Waals surface area contributed by atoms with E-state index in [2.05, 4.69) is 4.40 Å². The van der Waals surface area contributed by atoms with E-state index < -0.39 is 20.7 Å². The molecule has 0 bridgehead atoms. The van der Waals surface area contributed by atoms with Gasteiger partial charge < -0.3 is 10.0 Å². The number of nitrogens with zero attached hydrogens (tertiary/aromatic N) is 2. The van der Waals surface area contributed by atoms with Crippen LogP contribution in [0.15, 0.2) is 4.40 Å². The molecule has 0 aromatic rings. The lowest BCUT2D eigenvalue weighted by Crippen LogP contribution is -2.42. The van der Waals surface area contributed by atoms with E-state index in [4.69, 9.17) is 0 Å². The molecule has 0 aliphatic heterocycles. The van der Waals surface area contributed by atoms with Crippen molar-refractivity contribution in [2.45, 2.75) is 44.3 Å². The van der Waals surface area contributed by atoms with Crippen molar-refractivity contribution in [3.8, 4) is 0 Å². The van der Waals surface area contributed by atoms with E-state index in [0.29, 0.717) is 0 Å². The molecule has 0 aromatic carbocycles. The van der Waals surface area contributed by atoms with Crippen molar-refractivity contribution >= 4 is 16.4 Å². The third kappa shape index (κ3) is 3.45. The zero-order chi connectivity index (χ0) is 13.8. The third-order valence-corrected chi connectivity index (χ3v) is 5.68. The summed E-state index contributed by atoms with van der Waals surface area (Å²) in [6, 6.07) is 0. The van der Waals surface area contributed by atoms with Crippen molar-refractivity contribution in [1.29, 1.82) is 0 Å². The van der Waals surface area contributed by atoms with Gasteiger partial charge in [-0.1, -0.05) is 19.3 Å². The van der Waals surface area contributed by atoms with Gasteiger partial charge in [-0.3, -0.25) is 0 Å². The molecular formula is C12H24N2O3S. The van der Waals surface area contributed by atoms with E-state index in [1.807, 2.05) is 0 Å². The van der Waals surface area contributed by atoms with Crippen LogP contribution in [0.1, 0.15) is 39.0 Å². The van der Waals surface area contributed by atoms with Crippen LogP contribution in [-0.4, -0.2) is 50.7 Å². The lowest BCUT2D eigenvalue weighted by atomic mass is 9.72. The number of hydrogen-bond donors (Lipinski definition) is 1. The zero-order valence-corrected chi connectivity index (χ0v) is 12.3. The summed E-state index contributed by atoms with van der Waals surface area (Å²) in [6.45, 7) is 1.59. The Morgan fingerprint density at radius 3 is 2.33 bits per heavy atom. The first-order valence-corrected chi connectivity index (χ1v) is 7.91. The minimum Gasteiger partial charge on any atom is -0.396 e. The highest BCUT2D eigenvalue weighted by molar-refractivity contribution is 7.90. The largest absolute Gasteiger partial charge is 0.396 e. The molecule has 1 atom stereocenters. The standard InChI is InChI=1S/C12H24N2O3S/c1-11(18(16,17)13-10-14(2)3)12(9-15)7-5-4-6-8-12/h10-11,15H,4-9H2,1-3H3/b13-10+. The van der Waals surface area contributed by atoms with E-state index in [0.717, 1.165) is 32.1 Å². The summed E-state index contributed by atoms with van der Waals surface area (Å²) in [6.07, 6.45) is 5.92. The molecule has 106 valence electrons. The van der Waals surface area contributed by atoms with Gasteiger partial charge in [-0.25, -0.2) is 8.42 Å². The van der Waals surface area contributed by atoms with Gasteiger partial charge in [0.15, 0.2) is 0 Å². The third-order valence-electron chi connectivity index (χ3n) is 3.90. The van der Waals surface area contributed by atoms with Crippen LogP contribution in [-0.2, 0) is 10.0 Å². The van der Waals surface area contributed by atoms with Gasteiger partial charge in [0.1, 0.15) is 6.34 Å². The van der Waals surface area contributed by atoms with Crippen LogP contribution >= 0.6 is 0 Å². The molecular weight excluding hydrogens is 252 g/mol. The maximum absolute atomic E-state index is 12.2. The summed E-state index contributed by atoms with van der Waals surface area (Å²) in [7, 11) is -0.101. The Bertz CT molecular complexity index is 384. The fourth-order valence-electron chi connectivity index (χ4n) is 2.52. The molecule has 0 aromatic heterocycles. The van der Waals surface area contributed by atoms with Gasteiger partial charge in [0.25, 0.3) is 10.0 Å². The average Bonchev–Trinajstić information content (AvgIpc) is 2.36. The monoisotopic (exact) mass is 276 g/mol. The average molecular weight is 276 g/mol. The molecule has 1 aliphatic carbocycles. The highest BCUT2D eigenvalue weighted by Gasteiger charge is 2.43. The first-order valence-electron chi connectivity index (χ1n) is 6.41. The predicted octanol–water partition coefficient (Wildman–Crippen LogP) is 1.24. The molecule has 0 amide bonds. The number of hydrogen-bond acceptors (Lipinski definition) is 3. The Morgan fingerprint density at radius 2 is 1.89 bits per heavy atom. The van der Waals surface area contributed by atoms with Gasteiger partial charge in [-0.05, 0) is 19.8 Å². The molecule has 1 aliphatic rings. The van der Waals surface area contributed by atoms with E-state index in [1.54, 1.807) is 25.9 Å². The van der Waals surface area contributed by atoms with Gasteiger partial charge in [0, 0.05) is 19.5 Å². The molecule has 1 fully saturated rings. The second-order valence-electron chi connectivity index (χ2n) is 5.42. The van der Waals surface area contributed by atoms with Crippen LogP contribution < -0.4 is 0 Å². The van der Waals surface area contributed by atoms with Crippen molar-refractivity contribution in [3.05, 3.63) is 0 Å². The molecule has 0 radical (unpaired) electrons. The van der Waals surface area contributed by atoms with Crippen molar-refractivity contribution in [1.82, 2.24) is 4.90 Å². The fourth-order valence-corrected chi connectivity index (χ4v) is 3.96. The SMILES string of the molecule is CC(C1(CO)CCCCC1)S(=O)(=O)/N=C/N(C)C. The maximum Gasteiger partial charge on any atom is 0.257 e. The van der Waals surface area contributed by atoms with Crippen LogP contribution in [0.5, 0.6) is 0 Å². The molecule has 1 unspecified atom stereocenters. The smallest absolute Gasteiger partial charge is 0.257 e. The zero-order valence-electron chi connectivity index (χ0n) is 11.5. The normalized spacial score (nSPS) is 22.0. The van der Waals surface area contributed by atoms with Crippen LogP contribution in [0.25, 0.3) is 0 Å². The Kier molecular flexibility index (Phi) is 5.16. The molecule has 6 heteroatoms. The lowest BCUT2D eigenvalue weighted by Gasteiger charge is -2.39. The van der Waals surface area contributed by atoms with Crippen molar-refractivity contribution in [2.24, 2.45) is 9.81 Å². The summed E-state index contributed by atoms with van der Waals surface area (Å²) < 4.78 is 28.0. The van der Waals surface area contributed by atoms with Crippen molar-refractivity contribution < 1.29 is 13.5 Å². The quantitative estimate of drug-likeness (QED) is 0.606. The van der Waals surface area contributed by atoms with Gasteiger partial charge in [0.05, 0.1) is 11.9 Å². The summed E-state index contributed by atoms with van der Waals surface area (Å²) in [4.78, 5) is 1.59. The molecule has 0 saturated heterocycles. The van der Waals surface area contributed by atoms with Gasteiger partial charge in [-0.2, -0.15) is 4.40 Å². The van der Waals surface area contributed by atoms with E-state index in [1.165, 1.54) is 6.34 Å². The highest BCUT2D eigenvalue weighted by atomic mass is 32.2. The predicted molar refractivity (Wildman–Crippen MR) is 73.2 cm³/mol. The summed E-state index contributed by atoms with van der Waals surface area (Å²) in [5.41, 5.74) is -0.513. The Hall–Kier alpha value is -0.620. The molecule has 18 heavy (non-hydrogen) atoms. The number of aliphatic hydroxyl groups is 1. The molecule has 1 rings (SSSR count). The second-order valence-corrected chi connectivity index (χ2v) is 7.37. The van der Waals surface area contributed by atoms with Gasteiger partial charge >= 0.3 is 0 Å². The Morgan fingerprint density at radius 1 is 1.33 bits per heavy atom. The van der Waals surface area contributed by atoms with Crippen LogP contribution in [0.2, 0.25) is 0 Å². The summed E-state index contributed by atoms with van der Waals surface area (Å²) >= 11 is 0. The van der Waals surface area contributed by atoms with Gasteiger partial charge in [0.2, 0.25) is 0 Å². The van der Waals surface area contributed by atoms with Crippen molar-refractivity contribution in [2.75, 3.05) is 20.7 Å². The molecule has 1 N–H and O–H groups in total. The summed E-state index contributed by atoms with van der Waals surface area (Å²) in [5, 5.41) is 8.99. The Labute approximate surface area is 110 Å². The molecule has 0 heterocycles. The van der Waals surface area contributed by atoms with Crippen molar-refractivity contribution in [3.63, 3.8) is 0 Å². The van der Waals surface area contributed by atoms with E-state index >= 15 is 0 Å². The van der Waals surface area contributed by atoms with E-state index in [9.17, 15) is 13.5 Å². The number of sulfonamides is 1. The number of rotatable bonds is 5. The number of aliphatic hydroxyl groups excluding tert-OH is 1. The Balaban J connectivity index is 2.92. The lowest BCUT2D eigenvalue weighted by molar-refractivity contribution is 0.0811. The maximum atomic E-state index is 12.2. The first-order chi connectivity index (χ1) is 8.34. The first kappa shape index (κ1) is 15.4. The molecule has 5 nitrogen and oxygen atoms in total. The minimum atomic E-state index is -3.56. The molecule has 0 spiro atoms. The highest BCUT2D eigenvalue weighted by Crippen LogP contribution is 2.41. The van der Waals surface area contributed by atoms with Crippen LogP contribution in [0.3, 0.4) is 0 Å². The fraction of sp³-hybridized carbons (Fsp3) is 0.917. The van der Waals surface area contributed by atoms with Gasteiger partial charge in [-0.15, -0.1) is 0 Å². The van der Waals surface area contributed by atoms with Crippen LogP contribution in [0.4, 0.5) is 0 Å². The molecule has 1 saturated carbocycles. The van der Waals surface area contributed by atoms with Crippen LogP contribution in [0, 0.1) is 5.41 Å². The summed E-state index contributed by atoms with van der Waals surface area (Å²) in [5.74, 6) is 0. The van der Waals surface area contributed by atoms with E-state index in [-0.39, 0.29) is 6.61 Å². The second kappa shape index (κ2) is 6.02. The topological polar surface area (TPSA) is 70.0 Å². The minimum absolute atomic E-state index is 0.0785.